The molecule has 1 heterocycles. The van der Waals surface area contributed by atoms with Crippen LogP contribution in [0.4, 0.5) is 16.2 Å². The van der Waals surface area contributed by atoms with E-state index in [1.54, 1.807) is 0 Å². The van der Waals surface area contributed by atoms with E-state index in [1.807, 2.05) is 24.3 Å². The number of carbonyl (C=O) groups is 3. The molecule has 4 amide bonds. The lowest BCUT2D eigenvalue weighted by Crippen LogP contribution is -2.47. The first-order valence-corrected chi connectivity index (χ1v) is 9.17. The normalized spacial score (nSPS) is 20.3. The second-order valence-corrected chi connectivity index (χ2v) is 7.09. The van der Waals surface area contributed by atoms with Crippen molar-refractivity contribution < 1.29 is 19.3 Å². The molecule has 0 radical (unpaired) electrons. The van der Waals surface area contributed by atoms with Gasteiger partial charge in [-0.1, -0.05) is 30.3 Å². The Kier molecular flexibility index (Phi) is 4.50. The molecule has 0 saturated carbocycles. The van der Waals surface area contributed by atoms with Crippen LogP contribution in [0.3, 0.4) is 0 Å². The summed E-state index contributed by atoms with van der Waals surface area (Å²) in [5.41, 5.74) is 0.684. The summed E-state index contributed by atoms with van der Waals surface area (Å²) in [6.45, 7) is -0.475. The van der Waals surface area contributed by atoms with Crippen molar-refractivity contribution in [3.05, 3.63) is 69.8 Å². The van der Waals surface area contributed by atoms with Crippen LogP contribution < -0.4 is 10.6 Å². The van der Waals surface area contributed by atoms with E-state index in [0.29, 0.717) is 6.42 Å². The van der Waals surface area contributed by atoms with Crippen molar-refractivity contribution in [2.75, 3.05) is 11.9 Å². The monoisotopic (exact) mass is 394 g/mol. The average Bonchev–Trinajstić information content (AvgIpc) is 2.93. The molecule has 2 aliphatic rings. The number of nitro groups is 1. The average molecular weight is 394 g/mol. The largest absolute Gasteiger partial charge is 0.325 e. The number of benzene rings is 2. The number of hydrogen-bond acceptors (Lipinski definition) is 5. The highest BCUT2D eigenvalue weighted by Gasteiger charge is 2.54. The molecule has 1 spiro atoms. The van der Waals surface area contributed by atoms with E-state index in [4.69, 9.17) is 0 Å². The van der Waals surface area contributed by atoms with Gasteiger partial charge in [-0.15, -0.1) is 0 Å². The molecule has 4 rings (SSSR count). The van der Waals surface area contributed by atoms with Gasteiger partial charge in [0.25, 0.3) is 11.6 Å². The molecule has 9 nitrogen and oxygen atoms in total. The van der Waals surface area contributed by atoms with Crippen molar-refractivity contribution in [3.63, 3.8) is 0 Å². The maximum absolute atomic E-state index is 13.2. The molecule has 0 aromatic heterocycles. The number of nitrogens with zero attached hydrogens (tertiary/aromatic N) is 2. The number of hydrogen-bond donors (Lipinski definition) is 2. The lowest BCUT2D eigenvalue weighted by molar-refractivity contribution is -0.384. The van der Waals surface area contributed by atoms with Crippen molar-refractivity contribution in [2.24, 2.45) is 0 Å². The van der Waals surface area contributed by atoms with Crippen molar-refractivity contribution in [1.29, 1.82) is 0 Å². The number of nitro benzene ring substituents is 1. The highest BCUT2D eigenvalue weighted by atomic mass is 16.6. The van der Waals surface area contributed by atoms with Gasteiger partial charge in [-0.05, 0) is 36.5 Å². The first-order chi connectivity index (χ1) is 13.9. The minimum Gasteiger partial charge on any atom is -0.324 e. The second-order valence-electron chi connectivity index (χ2n) is 7.09. The van der Waals surface area contributed by atoms with Gasteiger partial charge in [-0.25, -0.2) is 4.79 Å². The van der Waals surface area contributed by atoms with Gasteiger partial charge < -0.3 is 10.6 Å². The molecule has 9 heteroatoms. The third-order valence-electron chi connectivity index (χ3n) is 5.29. The molecule has 1 aliphatic heterocycles. The van der Waals surface area contributed by atoms with Crippen LogP contribution in [0.25, 0.3) is 0 Å². The topological polar surface area (TPSA) is 122 Å². The number of amides is 4. The summed E-state index contributed by atoms with van der Waals surface area (Å²) in [4.78, 5) is 49.3. The van der Waals surface area contributed by atoms with Crippen molar-refractivity contribution in [3.8, 4) is 0 Å². The van der Waals surface area contributed by atoms with E-state index >= 15 is 0 Å². The van der Waals surface area contributed by atoms with Gasteiger partial charge in [0, 0.05) is 17.8 Å². The summed E-state index contributed by atoms with van der Waals surface area (Å²) in [6.07, 6.45) is 2.04. The summed E-state index contributed by atoms with van der Waals surface area (Å²) in [5.74, 6) is -1.07. The standard InChI is InChI=1S/C20H18N4O5/c25-17(21-14-7-3-8-15(11-14)24(28)29)12-23-18(26)20(22-19(23)27)10-4-6-13-5-1-2-9-16(13)20/h1-3,5,7-9,11H,4,6,10,12H2,(H,21,25)(H,22,27). The van der Waals surface area contributed by atoms with Crippen LogP contribution in [0, 0.1) is 10.1 Å². The van der Waals surface area contributed by atoms with Crippen LogP contribution in [-0.4, -0.2) is 34.2 Å². The van der Waals surface area contributed by atoms with Gasteiger partial charge in [0.2, 0.25) is 5.91 Å². The fourth-order valence-electron chi connectivity index (χ4n) is 4.00. The number of rotatable bonds is 4. The van der Waals surface area contributed by atoms with Crippen LogP contribution in [0.1, 0.15) is 24.0 Å². The first kappa shape index (κ1) is 18.6. The second kappa shape index (κ2) is 7.01. The minimum atomic E-state index is -1.14. The highest BCUT2D eigenvalue weighted by Crippen LogP contribution is 2.39. The molecular formula is C20H18N4O5. The van der Waals surface area contributed by atoms with Gasteiger partial charge in [-0.2, -0.15) is 0 Å². The van der Waals surface area contributed by atoms with E-state index in [1.165, 1.54) is 24.3 Å². The minimum absolute atomic E-state index is 0.171. The van der Waals surface area contributed by atoms with E-state index in [-0.39, 0.29) is 11.4 Å². The highest BCUT2D eigenvalue weighted by molar-refractivity contribution is 6.10. The molecule has 148 valence electrons. The number of anilines is 1. The summed E-state index contributed by atoms with van der Waals surface area (Å²) in [6, 6.07) is 12.3. The Balaban J connectivity index is 1.53. The van der Waals surface area contributed by atoms with Gasteiger partial charge in [-0.3, -0.25) is 24.6 Å². The lowest BCUT2D eigenvalue weighted by atomic mass is 9.76. The zero-order chi connectivity index (χ0) is 20.6. The number of imide groups is 1. The molecule has 29 heavy (non-hydrogen) atoms. The number of nitrogens with one attached hydrogen (secondary N) is 2. The van der Waals surface area contributed by atoms with Crippen molar-refractivity contribution in [1.82, 2.24) is 10.2 Å². The molecular weight excluding hydrogens is 376 g/mol. The molecule has 1 fully saturated rings. The maximum Gasteiger partial charge on any atom is 0.325 e. The molecule has 2 aromatic carbocycles. The van der Waals surface area contributed by atoms with Crippen LogP contribution in [0.2, 0.25) is 0 Å². The third-order valence-corrected chi connectivity index (χ3v) is 5.29. The van der Waals surface area contributed by atoms with Crippen molar-refractivity contribution in [2.45, 2.75) is 24.8 Å². The Morgan fingerprint density at radius 1 is 1.21 bits per heavy atom. The quantitative estimate of drug-likeness (QED) is 0.468. The van der Waals surface area contributed by atoms with Gasteiger partial charge in [0.1, 0.15) is 12.1 Å². The summed E-state index contributed by atoms with van der Waals surface area (Å²) in [5, 5.41) is 16.1. The summed E-state index contributed by atoms with van der Waals surface area (Å²) in [7, 11) is 0. The fourth-order valence-corrected chi connectivity index (χ4v) is 4.00. The van der Waals surface area contributed by atoms with E-state index in [2.05, 4.69) is 10.6 Å². The molecule has 2 aromatic rings. The molecule has 1 unspecified atom stereocenters. The number of fused-ring (bicyclic) bond motifs is 2. The number of urea groups is 1. The lowest BCUT2D eigenvalue weighted by Gasteiger charge is -2.33. The Morgan fingerprint density at radius 2 is 2.00 bits per heavy atom. The Bertz CT molecular complexity index is 1040. The zero-order valence-electron chi connectivity index (χ0n) is 15.4. The summed E-state index contributed by atoms with van der Waals surface area (Å²) < 4.78 is 0. The zero-order valence-corrected chi connectivity index (χ0v) is 15.4. The Labute approximate surface area is 165 Å². The van der Waals surface area contributed by atoms with Gasteiger partial charge in [0.15, 0.2) is 0 Å². The SMILES string of the molecule is O=C(CN1C(=O)NC2(CCCc3ccccc32)C1=O)Nc1cccc([N+](=O)[O-])c1. The van der Waals surface area contributed by atoms with Gasteiger partial charge >= 0.3 is 6.03 Å². The fraction of sp³-hybridized carbons (Fsp3) is 0.250. The van der Waals surface area contributed by atoms with Crippen molar-refractivity contribution >= 4 is 29.2 Å². The molecule has 1 saturated heterocycles. The van der Waals surface area contributed by atoms with Crippen LogP contribution in [0.5, 0.6) is 0 Å². The van der Waals surface area contributed by atoms with E-state index in [0.717, 1.165) is 28.9 Å². The number of carbonyl (C=O) groups excluding carboxylic acids is 3. The number of non-ortho nitro benzene ring substituents is 1. The van der Waals surface area contributed by atoms with E-state index < -0.39 is 34.9 Å². The predicted octanol–water partition coefficient (Wildman–Crippen LogP) is 2.32. The van der Waals surface area contributed by atoms with Crippen LogP contribution in [0.15, 0.2) is 48.5 Å². The predicted molar refractivity (Wildman–Crippen MR) is 103 cm³/mol. The number of aryl methyl sites for hydroxylation is 1. The van der Waals surface area contributed by atoms with Crippen LogP contribution >= 0.6 is 0 Å². The molecule has 1 atom stereocenters. The molecule has 0 bridgehead atoms. The maximum atomic E-state index is 13.2. The van der Waals surface area contributed by atoms with E-state index in [9.17, 15) is 24.5 Å². The summed E-state index contributed by atoms with van der Waals surface area (Å²) >= 11 is 0. The molecule has 1 aliphatic carbocycles. The van der Waals surface area contributed by atoms with Gasteiger partial charge in [0.05, 0.1) is 4.92 Å². The Hall–Kier alpha value is -3.75. The first-order valence-electron chi connectivity index (χ1n) is 9.17. The third kappa shape index (κ3) is 3.20. The smallest absolute Gasteiger partial charge is 0.324 e. The molecule has 2 N–H and O–H groups in total. The Morgan fingerprint density at radius 3 is 2.79 bits per heavy atom. The van der Waals surface area contributed by atoms with Crippen LogP contribution in [-0.2, 0) is 21.5 Å².